The smallest absolute Gasteiger partial charge is 0.241 e. The van der Waals surface area contributed by atoms with E-state index in [4.69, 9.17) is 5.73 Å². The summed E-state index contributed by atoms with van der Waals surface area (Å²) in [6.07, 6.45) is 0.601. The number of amides is 1. The number of carbonyl (C=O) groups is 1. The van der Waals surface area contributed by atoms with Crippen molar-refractivity contribution in [3.63, 3.8) is 0 Å². The molecule has 0 bridgehead atoms. The molecule has 2 atom stereocenters. The Morgan fingerprint density at radius 3 is 2.35 bits per heavy atom. The maximum Gasteiger partial charge on any atom is 0.241 e. The van der Waals surface area contributed by atoms with Crippen LogP contribution in [0.25, 0.3) is 0 Å². The van der Waals surface area contributed by atoms with Crippen LogP contribution in [0.15, 0.2) is 54.6 Å². The second-order valence-corrected chi connectivity index (χ2v) is 5.75. The third kappa shape index (κ3) is 4.91. The standard InChI is InChI=1S/C19H24N2O2/c1-14-7-9-16(10-8-14)18(20)19(23)21-13-17(11-12-22)15-5-3-2-4-6-15/h2-10,17-18,22H,11-13,20H2,1H3,(H,21,23). The number of aryl methyl sites for hydroxylation is 1. The van der Waals surface area contributed by atoms with E-state index in [1.54, 1.807) is 0 Å². The van der Waals surface area contributed by atoms with Crippen molar-refractivity contribution in [3.8, 4) is 0 Å². The monoisotopic (exact) mass is 312 g/mol. The number of aliphatic hydroxyl groups excluding tert-OH is 1. The third-order valence-corrected chi connectivity index (χ3v) is 3.99. The van der Waals surface area contributed by atoms with Crippen LogP contribution in [0.5, 0.6) is 0 Å². The van der Waals surface area contributed by atoms with Gasteiger partial charge in [0.05, 0.1) is 0 Å². The Bertz CT molecular complexity index is 611. The molecule has 2 aromatic rings. The minimum absolute atomic E-state index is 0.0790. The SMILES string of the molecule is Cc1ccc(C(N)C(=O)NCC(CCO)c2ccccc2)cc1. The van der Waals surface area contributed by atoms with E-state index in [9.17, 15) is 9.90 Å². The van der Waals surface area contributed by atoms with Crippen LogP contribution in [0, 0.1) is 6.92 Å². The van der Waals surface area contributed by atoms with Crippen LogP contribution in [-0.2, 0) is 4.79 Å². The fraction of sp³-hybridized carbons (Fsp3) is 0.316. The zero-order chi connectivity index (χ0) is 16.7. The summed E-state index contributed by atoms with van der Waals surface area (Å²) in [5.74, 6) is -0.122. The fourth-order valence-corrected chi connectivity index (χ4v) is 2.53. The summed E-state index contributed by atoms with van der Waals surface area (Å²) >= 11 is 0. The maximum absolute atomic E-state index is 12.3. The van der Waals surface area contributed by atoms with Crippen molar-refractivity contribution in [2.75, 3.05) is 13.2 Å². The summed E-state index contributed by atoms with van der Waals surface area (Å²) in [6, 6.07) is 16.8. The van der Waals surface area contributed by atoms with Crippen LogP contribution in [0.1, 0.15) is 35.1 Å². The van der Waals surface area contributed by atoms with Gasteiger partial charge in [0.1, 0.15) is 6.04 Å². The van der Waals surface area contributed by atoms with E-state index >= 15 is 0 Å². The highest BCUT2D eigenvalue weighted by Gasteiger charge is 2.18. The molecule has 0 aliphatic carbocycles. The van der Waals surface area contributed by atoms with E-state index in [-0.39, 0.29) is 18.4 Å². The first kappa shape index (κ1) is 17.2. The molecule has 0 spiro atoms. The average molecular weight is 312 g/mol. The van der Waals surface area contributed by atoms with Crippen molar-refractivity contribution >= 4 is 5.91 Å². The highest BCUT2D eigenvalue weighted by atomic mass is 16.3. The number of aliphatic hydroxyl groups is 1. The molecule has 0 saturated carbocycles. The van der Waals surface area contributed by atoms with Crippen LogP contribution in [0.2, 0.25) is 0 Å². The van der Waals surface area contributed by atoms with Crippen molar-refractivity contribution in [3.05, 3.63) is 71.3 Å². The Morgan fingerprint density at radius 2 is 1.74 bits per heavy atom. The first-order chi connectivity index (χ1) is 11.1. The average Bonchev–Trinajstić information content (AvgIpc) is 2.59. The van der Waals surface area contributed by atoms with Gasteiger partial charge in [0.2, 0.25) is 5.91 Å². The van der Waals surface area contributed by atoms with Gasteiger partial charge in [-0.3, -0.25) is 4.79 Å². The summed E-state index contributed by atoms with van der Waals surface area (Å²) in [7, 11) is 0. The molecule has 0 radical (unpaired) electrons. The van der Waals surface area contributed by atoms with Gasteiger partial charge in [-0.15, -0.1) is 0 Å². The number of nitrogens with two attached hydrogens (primary N) is 1. The van der Waals surface area contributed by atoms with Crippen molar-refractivity contribution in [2.24, 2.45) is 5.73 Å². The topological polar surface area (TPSA) is 75.4 Å². The predicted octanol–water partition coefficient (Wildman–Crippen LogP) is 2.28. The Morgan fingerprint density at radius 1 is 1.09 bits per heavy atom. The second kappa shape index (κ2) is 8.46. The van der Waals surface area contributed by atoms with E-state index in [2.05, 4.69) is 5.32 Å². The Hall–Kier alpha value is -2.17. The quantitative estimate of drug-likeness (QED) is 0.734. The molecular weight excluding hydrogens is 288 g/mol. The van der Waals surface area contributed by atoms with Gasteiger partial charge in [0.25, 0.3) is 0 Å². The number of hydrogen-bond acceptors (Lipinski definition) is 3. The Labute approximate surface area is 137 Å². The minimum atomic E-state index is -0.679. The number of rotatable bonds is 7. The van der Waals surface area contributed by atoms with Gasteiger partial charge in [0.15, 0.2) is 0 Å². The molecule has 0 saturated heterocycles. The summed E-state index contributed by atoms with van der Waals surface area (Å²) in [5.41, 5.74) is 9.06. The first-order valence-corrected chi connectivity index (χ1v) is 7.87. The van der Waals surface area contributed by atoms with Gasteiger partial charge < -0.3 is 16.2 Å². The van der Waals surface area contributed by atoms with E-state index in [1.807, 2.05) is 61.5 Å². The van der Waals surface area contributed by atoms with Gasteiger partial charge >= 0.3 is 0 Å². The molecule has 4 heteroatoms. The first-order valence-electron chi connectivity index (χ1n) is 7.87. The lowest BCUT2D eigenvalue weighted by Gasteiger charge is -2.19. The maximum atomic E-state index is 12.3. The summed E-state index contributed by atoms with van der Waals surface area (Å²) in [4.78, 5) is 12.3. The molecule has 4 N–H and O–H groups in total. The molecular formula is C19H24N2O2. The minimum Gasteiger partial charge on any atom is -0.396 e. The van der Waals surface area contributed by atoms with Crippen molar-refractivity contribution < 1.29 is 9.90 Å². The molecule has 122 valence electrons. The summed E-state index contributed by atoms with van der Waals surface area (Å²) in [5, 5.41) is 12.1. The normalized spacial score (nSPS) is 13.3. The molecule has 2 unspecified atom stereocenters. The number of benzene rings is 2. The molecule has 4 nitrogen and oxygen atoms in total. The number of nitrogens with one attached hydrogen (secondary N) is 1. The van der Waals surface area contributed by atoms with E-state index in [0.29, 0.717) is 13.0 Å². The fourth-order valence-electron chi connectivity index (χ4n) is 2.53. The highest BCUT2D eigenvalue weighted by molar-refractivity contribution is 5.82. The lowest BCUT2D eigenvalue weighted by Crippen LogP contribution is -2.36. The van der Waals surface area contributed by atoms with Gasteiger partial charge in [0, 0.05) is 19.1 Å². The molecule has 0 aromatic heterocycles. The largest absolute Gasteiger partial charge is 0.396 e. The zero-order valence-electron chi connectivity index (χ0n) is 13.4. The van der Waals surface area contributed by atoms with Crippen molar-refractivity contribution in [2.45, 2.75) is 25.3 Å². The summed E-state index contributed by atoms with van der Waals surface area (Å²) in [6.45, 7) is 2.54. The zero-order valence-corrected chi connectivity index (χ0v) is 13.4. The van der Waals surface area contributed by atoms with Crippen LogP contribution < -0.4 is 11.1 Å². The molecule has 0 fully saturated rings. The van der Waals surface area contributed by atoms with E-state index in [1.165, 1.54) is 0 Å². The van der Waals surface area contributed by atoms with Crippen LogP contribution >= 0.6 is 0 Å². The van der Waals surface area contributed by atoms with Gasteiger partial charge in [-0.25, -0.2) is 0 Å². The molecule has 2 aromatic carbocycles. The molecule has 0 aliphatic rings. The molecule has 0 heterocycles. The highest BCUT2D eigenvalue weighted by Crippen LogP contribution is 2.19. The van der Waals surface area contributed by atoms with Crippen LogP contribution in [-0.4, -0.2) is 24.2 Å². The van der Waals surface area contributed by atoms with Crippen molar-refractivity contribution in [1.29, 1.82) is 0 Å². The molecule has 2 rings (SSSR count). The van der Waals surface area contributed by atoms with Crippen molar-refractivity contribution in [1.82, 2.24) is 5.32 Å². The van der Waals surface area contributed by atoms with Gasteiger partial charge in [-0.2, -0.15) is 0 Å². The van der Waals surface area contributed by atoms with Gasteiger partial charge in [-0.1, -0.05) is 60.2 Å². The predicted molar refractivity (Wildman–Crippen MR) is 92.0 cm³/mol. The van der Waals surface area contributed by atoms with Crippen LogP contribution in [0.3, 0.4) is 0 Å². The lowest BCUT2D eigenvalue weighted by atomic mass is 9.95. The third-order valence-electron chi connectivity index (χ3n) is 3.99. The number of hydrogen-bond donors (Lipinski definition) is 3. The van der Waals surface area contributed by atoms with Gasteiger partial charge in [-0.05, 0) is 24.5 Å². The molecule has 1 amide bonds. The van der Waals surface area contributed by atoms with E-state index < -0.39 is 6.04 Å². The molecule has 23 heavy (non-hydrogen) atoms. The Kier molecular flexibility index (Phi) is 6.32. The van der Waals surface area contributed by atoms with Crippen LogP contribution in [0.4, 0.5) is 0 Å². The van der Waals surface area contributed by atoms with E-state index in [0.717, 1.165) is 16.7 Å². The Balaban J connectivity index is 1.97. The summed E-state index contributed by atoms with van der Waals surface area (Å²) < 4.78 is 0. The number of carbonyl (C=O) groups excluding carboxylic acids is 1. The second-order valence-electron chi connectivity index (χ2n) is 5.75. The lowest BCUT2D eigenvalue weighted by molar-refractivity contribution is -0.122. The molecule has 0 aliphatic heterocycles.